The van der Waals surface area contributed by atoms with Crippen LogP contribution in [-0.2, 0) is 0 Å². The maximum absolute atomic E-state index is 7.29. The number of pyridine rings is 3. The molecule has 9 nitrogen and oxygen atoms in total. The number of rotatable bonds is 17. The van der Waals surface area contributed by atoms with Gasteiger partial charge in [-0.2, -0.15) is 0 Å². The lowest BCUT2D eigenvalue weighted by Crippen LogP contribution is -2.12. The van der Waals surface area contributed by atoms with E-state index in [9.17, 15) is 0 Å². The Bertz CT molecular complexity index is 7110. The molecule has 0 radical (unpaired) electrons. The molecule has 21 aromatic rings. The minimum atomic E-state index is 0.618. The average molecular weight is 1460 g/mol. The first-order valence-corrected chi connectivity index (χ1v) is 38.3. The topological polar surface area (TPSA) is 87.8 Å². The summed E-state index contributed by atoms with van der Waals surface area (Å²) >= 11 is 0. The van der Waals surface area contributed by atoms with E-state index >= 15 is 0 Å². The molecule has 0 bridgehead atoms. The molecule has 0 atom stereocenters. The van der Waals surface area contributed by atoms with Gasteiger partial charge in [-0.1, -0.05) is 279 Å². The van der Waals surface area contributed by atoms with Gasteiger partial charge in [0.2, 0.25) is 0 Å². The minimum absolute atomic E-state index is 0.618. The molecule has 0 aliphatic heterocycles. The van der Waals surface area contributed by atoms with Crippen molar-refractivity contribution in [3.05, 3.63) is 413 Å². The molecule has 0 saturated heterocycles. The standard InChI is InChI=1S/C105H68N6O3/c1-5-19-69(20-6-1)72-35-41-75(42-36-72)78-47-53-84(54-48-78)109(83-27-11-4-12-28-83)94-60-59-89(99-91-61-63-106-68-98(91)114-102(94)99)81-25-17-30-88(65-81)111(86-57-51-80(52-58-86)77-45-39-74(40-46-77)71-23-9-3-10-24-71)105-104-100(90-31-13-15-33-96(90)113-104)93(67-108-105)82-26-18-29-87(66-82)110(95-62-64-107-101-92-32-14-16-34-97(92)112-103(95)101)85-55-49-79(50-56-85)76-43-37-73(38-44-76)70-21-7-2-8-22-70/h1-68H. The maximum atomic E-state index is 7.29. The molecule has 0 fully saturated rings. The van der Waals surface area contributed by atoms with Gasteiger partial charge in [0.15, 0.2) is 28.1 Å². The highest BCUT2D eigenvalue weighted by Crippen LogP contribution is 2.51. The molecule has 0 aliphatic carbocycles. The van der Waals surface area contributed by atoms with E-state index in [4.69, 9.17) is 23.2 Å². The van der Waals surface area contributed by atoms with Crippen molar-refractivity contribution in [3.63, 3.8) is 0 Å². The van der Waals surface area contributed by atoms with Crippen molar-refractivity contribution in [1.29, 1.82) is 0 Å². The largest absolute Gasteiger partial charge is 0.452 e. The van der Waals surface area contributed by atoms with Gasteiger partial charge in [-0.25, -0.2) is 4.98 Å². The van der Waals surface area contributed by atoms with E-state index in [0.29, 0.717) is 22.6 Å². The van der Waals surface area contributed by atoms with E-state index in [1.165, 1.54) is 27.8 Å². The van der Waals surface area contributed by atoms with Crippen molar-refractivity contribution in [2.24, 2.45) is 0 Å². The lowest BCUT2D eigenvalue weighted by atomic mass is 9.97. The summed E-state index contributed by atoms with van der Waals surface area (Å²) in [5.74, 6) is 0.618. The quantitative estimate of drug-likeness (QED) is 0.0884. The lowest BCUT2D eigenvalue weighted by molar-refractivity contribution is 0.667. The predicted octanol–water partition coefficient (Wildman–Crippen LogP) is 29.3. The van der Waals surface area contributed by atoms with Crippen LogP contribution >= 0.6 is 0 Å². The summed E-state index contributed by atoms with van der Waals surface area (Å²) in [6.45, 7) is 0. The third-order valence-corrected chi connectivity index (χ3v) is 21.9. The Morgan fingerprint density at radius 1 is 0.211 bits per heavy atom. The molecule has 6 heterocycles. The van der Waals surface area contributed by atoms with E-state index in [1.807, 2.05) is 61.2 Å². The Morgan fingerprint density at radius 3 is 1.10 bits per heavy atom. The summed E-state index contributed by atoms with van der Waals surface area (Å²) in [6, 6.07) is 137. The summed E-state index contributed by atoms with van der Waals surface area (Å²) in [7, 11) is 0. The third-order valence-electron chi connectivity index (χ3n) is 21.9. The van der Waals surface area contributed by atoms with Crippen LogP contribution in [0.1, 0.15) is 0 Å². The van der Waals surface area contributed by atoms with Crippen LogP contribution in [0.25, 0.3) is 155 Å². The van der Waals surface area contributed by atoms with Crippen LogP contribution in [0.15, 0.2) is 426 Å². The van der Waals surface area contributed by atoms with Crippen molar-refractivity contribution in [2.45, 2.75) is 0 Å². The number of anilines is 9. The monoisotopic (exact) mass is 1460 g/mol. The molecule has 0 N–H and O–H groups in total. The van der Waals surface area contributed by atoms with Crippen LogP contribution < -0.4 is 14.7 Å². The zero-order valence-electron chi connectivity index (χ0n) is 61.7. The van der Waals surface area contributed by atoms with Crippen LogP contribution in [0, 0.1) is 0 Å². The summed E-state index contributed by atoms with van der Waals surface area (Å²) in [4.78, 5) is 22.0. The number of fused-ring (bicyclic) bond motifs is 9. The predicted molar refractivity (Wildman–Crippen MR) is 469 cm³/mol. The molecule has 114 heavy (non-hydrogen) atoms. The lowest BCUT2D eigenvalue weighted by Gasteiger charge is -2.27. The van der Waals surface area contributed by atoms with Gasteiger partial charge in [-0.05, 0) is 193 Å². The van der Waals surface area contributed by atoms with Crippen molar-refractivity contribution >= 4 is 117 Å². The molecule has 21 rings (SSSR count). The van der Waals surface area contributed by atoms with Crippen molar-refractivity contribution in [3.8, 4) is 89.0 Å². The Morgan fingerprint density at radius 2 is 0.570 bits per heavy atom. The number of nitrogens with zero attached hydrogens (tertiary/aromatic N) is 6. The second kappa shape index (κ2) is 28.5. The second-order valence-corrected chi connectivity index (χ2v) is 28.6. The summed E-state index contributed by atoms with van der Waals surface area (Å²) in [6.07, 6.45) is 7.57. The number of para-hydroxylation sites is 3. The van der Waals surface area contributed by atoms with Crippen LogP contribution in [0.3, 0.4) is 0 Å². The fraction of sp³-hybridized carbons (Fsp3) is 0. The minimum Gasteiger partial charge on any atom is -0.452 e. The molecule has 6 aromatic heterocycles. The molecular weight excluding hydrogens is 1390 g/mol. The first-order valence-electron chi connectivity index (χ1n) is 38.3. The Balaban J connectivity index is 0.697. The Hall–Kier alpha value is -15.5. The van der Waals surface area contributed by atoms with E-state index in [0.717, 1.165) is 156 Å². The van der Waals surface area contributed by atoms with Gasteiger partial charge in [-0.3, -0.25) is 14.9 Å². The zero-order chi connectivity index (χ0) is 75.4. The van der Waals surface area contributed by atoms with E-state index in [-0.39, 0.29) is 0 Å². The van der Waals surface area contributed by atoms with E-state index in [2.05, 4.69) is 372 Å². The molecule has 0 unspecified atom stereocenters. The third kappa shape index (κ3) is 12.1. The number of hydrogen-bond donors (Lipinski definition) is 0. The molecule has 0 spiro atoms. The van der Waals surface area contributed by atoms with Gasteiger partial charge in [0.05, 0.1) is 17.6 Å². The number of furan rings is 3. The summed E-state index contributed by atoms with van der Waals surface area (Å²) in [5.41, 5.74) is 29.8. The molecule has 0 saturated carbocycles. The zero-order valence-corrected chi connectivity index (χ0v) is 61.7. The van der Waals surface area contributed by atoms with Gasteiger partial charge >= 0.3 is 0 Å². The van der Waals surface area contributed by atoms with Gasteiger partial charge in [-0.15, -0.1) is 0 Å². The second-order valence-electron chi connectivity index (χ2n) is 28.6. The van der Waals surface area contributed by atoms with Gasteiger partial charge < -0.3 is 23.1 Å². The molecule has 0 aliphatic rings. The van der Waals surface area contributed by atoms with Crippen LogP contribution in [0.2, 0.25) is 0 Å². The number of benzene rings is 15. The highest BCUT2D eigenvalue weighted by molar-refractivity contribution is 6.19. The maximum Gasteiger partial charge on any atom is 0.181 e. The van der Waals surface area contributed by atoms with Crippen molar-refractivity contribution in [1.82, 2.24) is 15.0 Å². The Labute approximate surface area is 658 Å². The van der Waals surface area contributed by atoms with E-state index < -0.39 is 0 Å². The normalized spacial score (nSPS) is 11.5. The van der Waals surface area contributed by atoms with Gasteiger partial charge in [0, 0.05) is 85.2 Å². The molecule has 9 heteroatoms. The summed E-state index contributed by atoms with van der Waals surface area (Å²) < 4.78 is 21.2. The van der Waals surface area contributed by atoms with Crippen molar-refractivity contribution in [2.75, 3.05) is 14.7 Å². The summed E-state index contributed by atoms with van der Waals surface area (Å²) in [5, 5.41) is 4.74. The molecule has 15 aromatic carbocycles. The van der Waals surface area contributed by atoms with Crippen LogP contribution in [-0.4, -0.2) is 15.0 Å². The smallest absolute Gasteiger partial charge is 0.181 e. The number of aromatic nitrogens is 3. The fourth-order valence-corrected chi connectivity index (χ4v) is 16.3. The Kier molecular flexibility index (Phi) is 16.7. The first-order chi connectivity index (χ1) is 56.5. The molecule has 536 valence electrons. The highest BCUT2D eigenvalue weighted by atomic mass is 16.3. The molecular formula is C105H68N6O3. The number of hydrogen-bond acceptors (Lipinski definition) is 9. The van der Waals surface area contributed by atoms with Gasteiger partial charge in [0.1, 0.15) is 16.7 Å². The fourth-order valence-electron chi connectivity index (χ4n) is 16.3. The molecule has 0 amide bonds. The van der Waals surface area contributed by atoms with Crippen LogP contribution in [0.4, 0.5) is 51.3 Å². The SMILES string of the molecule is c1ccc(-c2ccc(-c3ccc(N(c4cccc(-c5cnc(N(c6ccc(-c7ccc(-c8ccccc8)cc7)cc6)c6cccc(-c7ccc(N(c8ccccc8)c8ccc(-c9ccc(-c%10ccccc%10)cc9)cc8)c8oc9cnccc9c78)c6)c6oc7ccccc7c56)c4)c4ccnc5c4oc4ccccc45)cc3)cc2)cc1. The van der Waals surface area contributed by atoms with E-state index in [1.54, 1.807) is 0 Å². The highest BCUT2D eigenvalue weighted by Gasteiger charge is 2.29. The van der Waals surface area contributed by atoms with Crippen molar-refractivity contribution < 1.29 is 13.3 Å². The first kappa shape index (κ1) is 66.7. The van der Waals surface area contributed by atoms with Crippen LogP contribution in [0.5, 0.6) is 0 Å². The average Bonchev–Trinajstić information content (AvgIpc) is 1.56. The van der Waals surface area contributed by atoms with Gasteiger partial charge in [0.25, 0.3) is 0 Å².